The first-order valence-electron chi connectivity index (χ1n) is 19.3. The molecular weight excluding hydrogens is 735 g/mol. The average molecular weight is 783 g/mol. The van der Waals surface area contributed by atoms with Gasteiger partial charge in [0.1, 0.15) is 17.8 Å². The lowest BCUT2D eigenvalue weighted by Crippen LogP contribution is -2.59. The second-order valence-corrected chi connectivity index (χ2v) is 15.2. The lowest BCUT2D eigenvalue weighted by atomic mass is 9.85. The summed E-state index contributed by atoms with van der Waals surface area (Å²) in [4.78, 5) is 84.9. The largest absolute Gasteiger partial charge is 0.370 e. The van der Waals surface area contributed by atoms with Crippen LogP contribution in [-0.2, 0) is 29.9 Å². The molecule has 14 heteroatoms. The van der Waals surface area contributed by atoms with Crippen LogP contribution in [0.2, 0.25) is 0 Å². The quantitative estimate of drug-likeness (QED) is 0.120. The molecule has 4 aromatic rings. The van der Waals surface area contributed by atoms with Crippen LogP contribution < -0.4 is 21.7 Å². The molecule has 0 bridgehead atoms. The Morgan fingerprint density at radius 1 is 0.895 bits per heavy atom. The van der Waals surface area contributed by atoms with Crippen LogP contribution in [0.4, 0.5) is 8.78 Å². The van der Waals surface area contributed by atoms with Gasteiger partial charge in [-0.25, -0.2) is 8.78 Å². The molecule has 2 saturated heterocycles. The molecular formula is C43H48F2N6O6. The van der Waals surface area contributed by atoms with Crippen molar-refractivity contribution in [3.63, 3.8) is 0 Å². The fraction of sp³-hybridized carbons (Fsp3) is 0.395. The maximum absolute atomic E-state index is 14.4. The van der Waals surface area contributed by atoms with Gasteiger partial charge in [-0.05, 0) is 67.9 Å². The van der Waals surface area contributed by atoms with Crippen molar-refractivity contribution in [3.8, 4) is 0 Å². The highest BCUT2D eigenvalue weighted by molar-refractivity contribution is 6.01. The van der Waals surface area contributed by atoms with Crippen molar-refractivity contribution in [2.75, 3.05) is 0 Å². The molecule has 12 nitrogen and oxygen atoms in total. The van der Waals surface area contributed by atoms with E-state index in [-0.39, 0.29) is 67.0 Å². The highest BCUT2D eigenvalue weighted by Crippen LogP contribution is 2.34. The van der Waals surface area contributed by atoms with Crippen LogP contribution in [0.1, 0.15) is 98.3 Å². The van der Waals surface area contributed by atoms with Gasteiger partial charge in [-0.3, -0.25) is 28.8 Å². The predicted octanol–water partition coefficient (Wildman–Crippen LogP) is 4.97. The lowest BCUT2D eigenvalue weighted by molar-refractivity contribution is -0.143. The van der Waals surface area contributed by atoms with E-state index in [4.69, 9.17) is 5.73 Å². The topological polar surface area (TPSA) is 184 Å². The van der Waals surface area contributed by atoms with E-state index in [0.29, 0.717) is 30.2 Å². The molecule has 5 amide bonds. The van der Waals surface area contributed by atoms with Crippen molar-refractivity contribution in [1.29, 1.82) is 0 Å². The van der Waals surface area contributed by atoms with E-state index < -0.39 is 53.7 Å². The second kappa shape index (κ2) is 17.5. The number of fused-ring (bicyclic) bond motifs is 2. The summed E-state index contributed by atoms with van der Waals surface area (Å²) in [5.41, 5.74) is 7.61. The summed E-state index contributed by atoms with van der Waals surface area (Å²) in [6.45, 7) is 2.18. The Kier molecular flexibility index (Phi) is 12.5. The van der Waals surface area contributed by atoms with Crippen molar-refractivity contribution in [2.45, 2.75) is 107 Å². The van der Waals surface area contributed by atoms with Crippen LogP contribution in [0.25, 0.3) is 10.9 Å². The van der Waals surface area contributed by atoms with Crippen molar-refractivity contribution < 1.29 is 37.5 Å². The first kappa shape index (κ1) is 40.7. The molecule has 2 fully saturated rings. The predicted molar refractivity (Wildman–Crippen MR) is 209 cm³/mol. The van der Waals surface area contributed by atoms with E-state index in [1.807, 2.05) is 60.7 Å². The number of hydrogen-bond acceptors (Lipinski definition) is 6. The molecule has 6 N–H and O–H groups in total. The Morgan fingerprint density at radius 2 is 1.56 bits per heavy atom. The minimum atomic E-state index is -3.08. The van der Waals surface area contributed by atoms with E-state index in [2.05, 4.69) is 20.9 Å². The number of H-pyrrole nitrogens is 1. The second-order valence-electron chi connectivity index (χ2n) is 15.2. The molecule has 300 valence electrons. The molecule has 2 aliphatic rings. The monoisotopic (exact) mass is 782 g/mol. The lowest BCUT2D eigenvalue weighted by Gasteiger charge is -2.38. The molecule has 0 saturated carbocycles. The number of aromatic nitrogens is 1. The van der Waals surface area contributed by atoms with Crippen LogP contribution in [0.5, 0.6) is 0 Å². The molecule has 0 radical (unpaired) electrons. The van der Waals surface area contributed by atoms with Gasteiger partial charge in [0.15, 0.2) is 5.78 Å². The minimum Gasteiger partial charge on any atom is -0.370 e. The average Bonchev–Trinajstić information content (AvgIpc) is 3.80. The number of Topliss-reactive ketones (excluding diaryl/α,β-unsaturated/α-hetero) is 1. The van der Waals surface area contributed by atoms with Crippen molar-refractivity contribution >= 4 is 46.2 Å². The van der Waals surface area contributed by atoms with E-state index >= 15 is 0 Å². The Bertz CT molecular complexity index is 2080. The normalized spacial score (nSPS) is 20.3. The Morgan fingerprint density at radius 3 is 2.18 bits per heavy atom. The minimum absolute atomic E-state index is 0.0239. The van der Waals surface area contributed by atoms with Crippen LogP contribution in [0, 0.1) is 0 Å². The highest BCUT2D eigenvalue weighted by atomic mass is 19.3. The zero-order valence-electron chi connectivity index (χ0n) is 31.9. The number of ketones is 1. The molecule has 5 atom stereocenters. The smallest absolute Gasteiger partial charge is 0.270 e. The van der Waals surface area contributed by atoms with Crippen LogP contribution in [-0.4, -0.2) is 75.4 Å². The zero-order chi connectivity index (χ0) is 40.9. The standard InChI is InChI=1S/C43H48F2N6O6/c1-25(52)47-30-14-17-35(50-40(55)36-22-28-21-29(43(2,44)45)13-16-33(28)48-36)42(57)51-31(23-30)15-19-37(51)41(56)49-34(18-20-39(46)54)38(53)24-32(26-9-5-3-6-10-26)27-11-7-4-8-12-27/h3-13,16,21-22,30-32,34-35,37,48H,14-15,17-20,23-24H2,1-2H3,(H2,46,54)(H,47,52)(H,49,56)(H,50,55)/t30-,31+,34-,35-,37-/m0/s1. The van der Waals surface area contributed by atoms with E-state index in [1.54, 1.807) is 0 Å². The SMILES string of the molecule is CC(=O)N[C@H]1CC[C@H](NC(=O)c2cc3cc(C(C)(F)F)ccc3[nH]2)C(=O)N2[C@H](CC[C@H]2C(=O)N[C@@H](CCC(N)=O)C(=O)CC(c2ccccc2)c2ccccc2)C1. The summed E-state index contributed by atoms with van der Waals surface area (Å²) in [5, 5.41) is 8.98. The molecule has 3 heterocycles. The first-order valence-corrected chi connectivity index (χ1v) is 19.3. The van der Waals surface area contributed by atoms with Gasteiger partial charge in [0, 0.05) is 61.2 Å². The molecule has 0 unspecified atom stereocenters. The first-order chi connectivity index (χ1) is 27.2. The van der Waals surface area contributed by atoms with E-state index in [9.17, 15) is 37.5 Å². The fourth-order valence-corrected chi connectivity index (χ4v) is 8.15. The summed E-state index contributed by atoms with van der Waals surface area (Å²) >= 11 is 0. The van der Waals surface area contributed by atoms with Gasteiger partial charge >= 0.3 is 0 Å². The summed E-state index contributed by atoms with van der Waals surface area (Å²) in [6, 6.07) is 20.5. The van der Waals surface area contributed by atoms with Crippen LogP contribution >= 0.6 is 0 Å². The fourth-order valence-electron chi connectivity index (χ4n) is 8.15. The van der Waals surface area contributed by atoms with E-state index in [0.717, 1.165) is 18.1 Å². The number of alkyl halides is 2. The summed E-state index contributed by atoms with van der Waals surface area (Å²) in [7, 11) is 0. The third-order valence-electron chi connectivity index (χ3n) is 11.0. The summed E-state index contributed by atoms with van der Waals surface area (Å²) in [6.07, 6.45) is 1.40. The van der Waals surface area contributed by atoms with Crippen molar-refractivity contribution in [1.82, 2.24) is 25.8 Å². The highest BCUT2D eigenvalue weighted by Gasteiger charge is 2.46. The number of primary amides is 1. The summed E-state index contributed by atoms with van der Waals surface area (Å²) in [5.74, 6) is -6.34. The van der Waals surface area contributed by atoms with Crippen LogP contribution in [0.3, 0.4) is 0 Å². The number of hydrogen-bond donors (Lipinski definition) is 5. The van der Waals surface area contributed by atoms with Crippen molar-refractivity contribution in [3.05, 3.63) is 107 Å². The third kappa shape index (κ3) is 9.91. The van der Waals surface area contributed by atoms with Gasteiger partial charge in [0.25, 0.3) is 11.8 Å². The maximum Gasteiger partial charge on any atom is 0.270 e. The van der Waals surface area contributed by atoms with Crippen LogP contribution in [0.15, 0.2) is 84.9 Å². The number of aromatic amines is 1. The molecule has 57 heavy (non-hydrogen) atoms. The number of amides is 5. The number of nitrogens with two attached hydrogens (primary N) is 1. The Labute approximate surface area is 329 Å². The van der Waals surface area contributed by atoms with Gasteiger partial charge in [-0.1, -0.05) is 66.7 Å². The number of halogens is 2. The number of nitrogens with zero attached hydrogens (tertiary/aromatic N) is 1. The maximum atomic E-state index is 14.4. The Hall–Kier alpha value is -5.92. The van der Waals surface area contributed by atoms with Gasteiger partial charge in [-0.15, -0.1) is 0 Å². The van der Waals surface area contributed by atoms with Crippen molar-refractivity contribution in [2.24, 2.45) is 5.73 Å². The molecule has 0 aliphatic carbocycles. The molecule has 2 aliphatic heterocycles. The number of nitrogens with one attached hydrogen (secondary N) is 4. The van der Waals surface area contributed by atoms with E-state index in [1.165, 1.54) is 36.1 Å². The third-order valence-corrected chi connectivity index (χ3v) is 11.0. The molecule has 3 aromatic carbocycles. The Balaban J connectivity index is 1.24. The molecule has 0 spiro atoms. The van der Waals surface area contributed by atoms with Gasteiger partial charge in [-0.2, -0.15) is 0 Å². The van der Waals surface area contributed by atoms with Gasteiger partial charge in [0.05, 0.1) is 6.04 Å². The summed E-state index contributed by atoms with van der Waals surface area (Å²) < 4.78 is 28.0. The number of benzene rings is 3. The van der Waals surface area contributed by atoms with Gasteiger partial charge in [0.2, 0.25) is 23.6 Å². The molecule has 1 aromatic heterocycles. The number of carbonyl (C=O) groups is 6. The van der Waals surface area contributed by atoms with Gasteiger partial charge < -0.3 is 31.6 Å². The number of carbonyl (C=O) groups excluding carboxylic acids is 6. The molecule has 6 rings (SSSR count). The number of rotatable bonds is 14. The zero-order valence-corrected chi connectivity index (χ0v) is 31.9.